The third-order valence-electron chi connectivity index (χ3n) is 2.37. The van der Waals surface area contributed by atoms with E-state index in [0.29, 0.717) is 10.0 Å². The molecule has 2 nitrogen and oxygen atoms in total. The summed E-state index contributed by atoms with van der Waals surface area (Å²) in [7, 11) is 0. The van der Waals surface area contributed by atoms with Crippen LogP contribution in [0.25, 0.3) is 0 Å². The van der Waals surface area contributed by atoms with Crippen LogP contribution in [-0.2, 0) is 0 Å². The first-order valence-electron chi connectivity index (χ1n) is 5.46. The molecule has 1 N–H and O–H groups in total. The number of hydrogen-bond donors (Lipinski definition) is 1. The maximum absolute atomic E-state index is 5.92. The van der Waals surface area contributed by atoms with E-state index in [9.17, 15) is 0 Å². The minimum atomic E-state index is 0.524. The van der Waals surface area contributed by atoms with Crippen LogP contribution in [0.3, 0.4) is 0 Å². The van der Waals surface area contributed by atoms with Crippen molar-refractivity contribution >= 4 is 35.1 Å². The van der Waals surface area contributed by atoms with Crippen LogP contribution in [0.2, 0.25) is 10.0 Å². The lowest BCUT2D eigenvalue weighted by molar-refractivity contribution is 1.33. The Morgan fingerprint density at radius 3 is 2.61 bits per heavy atom. The average Bonchev–Trinajstić information content (AvgIpc) is 2.34. The SMILES string of the molecule is Cc1cccc(N/N=C/c2ccc(Cl)c(Cl)c2)c1. The van der Waals surface area contributed by atoms with Crippen molar-refractivity contribution in [1.82, 2.24) is 0 Å². The Kier molecular flexibility index (Phi) is 4.24. The summed E-state index contributed by atoms with van der Waals surface area (Å²) in [6.07, 6.45) is 1.70. The Morgan fingerprint density at radius 1 is 1.06 bits per heavy atom. The summed E-state index contributed by atoms with van der Waals surface area (Å²) in [5, 5.41) is 5.21. The first-order valence-corrected chi connectivity index (χ1v) is 6.21. The van der Waals surface area contributed by atoms with Gasteiger partial charge in [-0.15, -0.1) is 0 Å². The van der Waals surface area contributed by atoms with Crippen molar-refractivity contribution in [2.24, 2.45) is 5.10 Å². The molecule has 0 radical (unpaired) electrons. The summed E-state index contributed by atoms with van der Waals surface area (Å²) in [6.45, 7) is 2.04. The van der Waals surface area contributed by atoms with Gasteiger partial charge < -0.3 is 0 Å². The Labute approximate surface area is 116 Å². The molecule has 0 atom stereocenters. The summed E-state index contributed by atoms with van der Waals surface area (Å²) >= 11 is 11.8. The topological polar surface area (TPSA) is 24.4 Å². The van der Waals surface area contributed by atoms with Crippen molar-refractivity contribution < 1.29 is 0 Å². The van der Waals surface area contributed by atoms with E-state index >= 15 is 0 Å². The van der Waals surface area contributed by atoms with E-state index in [2.05, 4.69) is 10.5 Å². The predicted molar refractivity (Wildman–Crippen MR) is 78.9 cm³/mol. The molecule has 4 heteroatoms. The van der Waals surface area contributed by atoms with Crippen LogP contribution in [-0.4, -0.2) is 6.21 Å². The second kappa shape index (κ2) is 5.89. The molecule has 0 aromatic heterocycles. The van der Waals surface area contributed by atoms with Gasteiger partial charge in [-0.25, -0.2) is 0 Å². The average molecular weight is 279 g/mol. The van der Waals surface area contributed by atoms with Crippen LogP contribution in [0.5, 0.6) is 0 Å². The summed E-state index contributed by atoms with van der Waals surface area (Å²) in [6, 6.07) is 13.4. The molecule has 2 aromatic carbocycles. The van der Waals surface area contributed by atoms with Gasteiger partial charge in [0.25, 0.3) is 0 Å². The molecule has 0 aliphatic heterocycles. The summed E-state index contributed by atoms with van der Waals surface area (Å²) in [4.78, 5) is 0. The number of hydrogen-bond acceptors (Lipinski definition) is 2. The molecule has 2 aromatic rings. The second-order valence-corrected chi connectivity index (χ2v) is 4.73. The lowest BCUT2D eigenvalue weighted by atomic mass is 10.2. The minimum absolute atomic E-state index is 0.524. The summed E-state index contributed by atoms with van der Waals surface area (Å²) in [5.74, 6) is 0. The van der Waals surface area contributed by atoms with Gasteiger partial charge in [-0.1, -0.05) is 41.4 Å². The Hall–Kier alpha value is -1.51. The van der Waals surface area contributed by atoms with Crippen molar-refractivity contribution in [3.63, 3.8) is 0 Å². The third-order valence-corrected chi connectivity index (χ3v) is 3.11. The molecule has 0 bridgehead atoms. The van der Waals surface area contributed by atoms with Crippen LogP contribution in [0.1, 0.15) is 11.1 Å². The predicted octanol–water partition coefficient (Wildman–Crippen LogP) is 4.75. The number of nitrogens with zero attached hydrogens (tertiary/aromatic N) is 1. The zero-order chi connectivity index (χ0) is 13.0. The fourth-order valence-corrected chi connectivity index (χ4v) is 1.80. The molecular weight excluding hydrogens is 267 g/mol. The van der Waals surface area contributed by atoms with E-state index in [1.807, 2.05) is 37.3 Å². The van der Waals surface area contributed by atoms with E-state index < -0.39 is 0 Å². The first-order chi connectivity index (χ1) is 8.65. The molecule has 18 heavy (non-hydrogen) atoms. The molecule has 2 rings (SSSR count). The molecule has 0 fully saturated rings. The molecule has 0 saturated heterocycles. The van der Waals surface area contributed by atoms with Crippen molar-refractivity contribution in [1.29, 1.82) is 0 Å². The third kappa shape index (κ3) is 3.49. The molecule has 0 amide bonds. The van der Waals surface area contributed by atoms with Gasteiger partial charge in [-0.05, 0) is 42.3 Å². The monoisotopic (exact) mass is 278 g/mol. The van der Waals surface area contributed by atoms with Crippen molar-refractivity contribution in [3.05, 3.63) is 63.6 Å². The van der Waals surface area contributed by atoms with Gasteiger partial charge in [-0.2, -0.15) is 5.10 Å². The van der Waals surface area contributed by atoms with Gasteiger partial charge in [0.05, 0.1) is 21.9 Å². The van der Waals surface area contributed by atoms with Crippen molar-refractivity contribution in [2.75, 3.05) is 5.43 Å². The van der Waals surface area contributed by atoms with E-state index in [1.54, 1.807) is 18.3 Å². The molecule has 0 saturated carbocycles. The van der Waals surface area contributed by atoms with Crippen LogP contribution in [0.4, 0.5) is 5.69 Å². The number of benzene rings is 2. The number of aryl methyl sites for hydroxylation is 1. The number of hydrazone groups is 1. The fraction of sp³-hybridized carbons (Fsp3) is 0.0714. The van der Waals surface area contributed by atoms with Crippen molar-refractivity contribution in [2.45, 2.75) is 6.92 Å². The Morgan fingerprint density at radius 2 is 1.89 bits per heavy atom. The smallest absolute Gasteiger partial charge is 0.0598 e. The van der Waals surface area contributed by atoms with Crippen LogP contribution >= 0.6 is 23.2 Å². The van der Waals surface area contributed by atoms with Gasteiger partial charge >= 0.3 is 0 Å². The highest BCUT2D eigenvalue weighted by Gasteiger charge is 1.97. The molecule has 0 unspecified atom stereocenters. The maximum Gasteiger partial charge on any atom is 0.0598 e. The standard InChI is InChI=1S/C14H12Cl2N2/c1-10-3-2-4-12(7-10)18-17-9-11-5-6-13(15)14(16)8-11/h2-9,18H,1H3/b17-9+. The van der Waals surface area contributed by atoms with Gasteiger partial charge in [0.15, 0.2) is 0 Å². The van der Waals surface area contributed by atoms with Gasteiger partial charge in [0, 0.05) is 0 Å². The molecule has 0 aliphatic carbocycles. The summed E-state index contributed by atoms with van der Waals surface area (Å²) < 4.78 is 0. The number of nitrogens with one attached hydrogen (secondary N) is 1. The highest BCUT2D eigenvalue weighted by molar-refractivity contribution is 6.42. The van der Waals surface area contributed by atoms with Gasteiger partial charge in [0.1, 0.15) is 0 Å². The number of rotatable bonds is 3. The Bertz CT molecular complexity index is 580. The fourth-order valence-electron chi connectivity index (χ4n) is 1.49. The molecule has 0 aliphatic rings. The van der Waals surface area contributed by atoms with Crippen molar-refractivity contribution in [3.8, 4) is 0 Å². The normalized spacial score (nSPS) is 10.8. The lowest BCUT2D eigenvalue weighted by Gasteiger charge is -2.01. The lowest BCUT2D eigenvalue weighted by Crippen LogP contribution is -1.91. The van der Waals surface area contributed by atoms with Crippen LogP contribution in [0, 0.1) is 6.92 Å². The highest BCUT2D eigenvalue weighted by atomic mass is 35.5. The molecule has 0 spiro atoms. The van der Waals surface area contributed by atoms with Crippen LogP contribution < -0.4 is 5.43 Å². The molecule has 92 valence electrons. The summed E-state index contributed by atoms with van der Waals surface area (Å²) in [5.41, 5.74) is 5.99. The largest absolute Gasteiger partial charge is 0.278 e. The maximum atomic E-state index is 5.92. The van der Waals surface area contributed by atoms with E-state index in [0.717, 1.165) is 11.3 Å². The van der Waals surface area contributed by atoms with Crippen LogP contribution in [0.15, 0.2) is 47.6 Å². The van der Waals surface area contributed by atoms with E-state index in [4.69, 9.17) is 23.2 Å². The van der Waals surface area contributed by atoms with E-state index in [-0.39, 0.29) is 0 Å². The van der Waals surface area contributed by atoms with Gasteiger partial charge in [-0.3, -0.25) is 5.43 Å². The first kappa shape index (κ1) is 12.9. The zero-order valence-electron chi connectivity index (χ0n) is 9.82. The molecular formula is C14H12Cl2N2. The quantitative estimate of drug-likeness (QED) is 0.636. The Balaban J connectivity index is 2.05. The number of halogens is 2. The second-order valence-electron chi connectivity index (χ2n) is 3.91. The number of anilines is 1. The van der Waals surface area contributed by atoms with Gasteiger partial charge in [0.2, 0.25) is 0 Å². The molecule has 0 heterocycles. The highest BCUT2D eigenvalue weighted by Crippen LogP contribution is 2.21. The van der Waals surface area contributed by atoms with E-state index in [1.165, 1.54) is 5.56 Å². The minimum Gasteiger partial charge on any atom is -0.278 e. The zero-order valence-corrected chi connectivity index (χ0v) is 11.3.